The lowest BCUT2D eigenvalue weighted by molar-refractivity contribution is 0.0574. The molecule has 2 heterocycles. The van der Waals surface area contributed by atoms with E-state index in [0.717, 1.165) is 6.42 Å². The Hall–Kier alpha value is -1.90. The molecule has 1 aliphatic heterocycles. The molecule has 2 atom stereocenters. The number of hydrogen-bond donors (Lipinski definition) is 1. The first-order chi connectivity index (χ1) is 10.1. The minimum Gasteiger partial charge on any atom is -0.395 e. The third kappa shape index (κ3) is 3.81. The Bertz CT molecular complexity index is 562. The van der Waals surface area contributed by atoms with Gasteiger partial charge >= 0.3 is 0 Å². The zero-order chi connectivity index (χ0) is 15.2. The van der Waals surface area contributed by atoms with Gasteiger partial charge in [-0.2, -0.15) is 0 Å². The number of aromatic nitrogens is 1. The largest absolute Gasteiger partial charge is 0.395 e. The number of carbonyl (C=O) groups is 1. The van der Waals surface area contributed by atoms with Gasteiger partial charge in [-0.3, -0.25) is 9.78 Å². The Balaban J connectivity index is 2.12. The summed E-state index contributed by atoms with van der Waals surface area (Å²) in [6, 6.07) is 1.83. The number of pyridine rings is 1. The smallest absolute Gasteiger partial charge is 0.255 e. The molecule has 0 radical (unpaired) electrons. The standard InChI is InChI=1S/C16H20N2O3/c1-12-15(6-8-21-12)18(2)16(20)14-9-13(10-17-11-14)5-3-4-7-19/h9-12,15,19H,4,6-8H2,1-2H3. The molecule has 0 saturated carbocycles. The zero-order valence-corrected chi connectivity index (χ0v) is 12.4. The molecule has 112 valence electrons. The van der Waals surface area contributed by atoms with Crippen LogP contribution in [-0.4, -0.2) is 53.3 Å². The summed E-state index contributed by atoms with van der Waals surface area (Å²) < 4.78 is 5.51. The second kappa shape index (κ2) is 7.21. The average Bonchev–Trinajstić information content (AvgIpc) is 2.92. The van der Waals surface area contributed by atoms with E-state index >= 15 is 0 Å². The fourth-order valence-corrected chi connectivity index (χ4v) is 2.43. The van der Waals surface area contributed by atoms with Gasteiger partial charge < -0.3 is 14.7 Å². The van der Waals surface area contributed by atoms with E-state index in [-0.39, 0.29) is 24.7 Å². The highest BCUT2D eigenvalue weighted by molar-refractivity contribution is 5.94. The first kappa shape index (κ1) is 15.5. The quantitative estimate of drug-likeness (QED) is 0.845. The lowest BCUT2D eigenvalue weighted by Gasteiger charge is -2.26. The molecule has 1 N–H and O–H groups in total. The highest BCUT2D eigenvalue weighted by atomic mass is 16.5. The molecule has 2 unspecified atom stereocenters. The fraction of sp³-hybridized carbons (Fsp3) is 0.500. The van der Waals surface area contributed by atoms with Gasteiger partial charge in [-0.05, 0) is 19.4 Å². The molecular weight excluding hydrogens is 268 g/mol. The summed E-state index contributed by atoms with van der Waals surface area (Å²) >= 11 is 0. The maximum Gasteiger partial charge on any atom is 0.255 e. The molecular formula is C16H20N2O3. The summed E-state index contributed by atoms with van der Waals surface area (Å²) in [5.74, 6) is 5.64. The van der Waals surface area contributed by atoms with E-state index in [9.17, 15) is 4.79 Å². The van der Waals surface area contributed by atoms with Crippen LogP contribution in [0, 0.1) is 11.8 Å². The molecule has 1 saturated heterocycles. The fourth-order valence-electron chi connectivity index (χ4n) is 2.43. The van der Waals surface area contributed by atoms with E-state index in [1.165, 1.54) is 0 Å². The number of rotatable bonds is 3. The van der Waals surface area contributed by atoms with Gasteiger partial charge in [0.2, 0.25) is 0 Å². The van der Waals surface area contributed by atoms with Crippen molar-refractivity contribution in [3.63, 3.8) is 0 Å². The maximum absolute atomic E-state index is 12.5. The molecule has 1 aromatic heterocycles. The predicted molar refractivity (Wildman–Crippen MR) is 78.7 cm³/mol. The summed E-state index contributed by atoms with van der Waals surface area (Å²) in [7, 11) is 1.79. The van der Waals surface area contributed by atoms with Crippen molar-refractivity contribution in [2.45, 2.75) is 31.9 Å². The second-order valence-corrected chi connectivity index (χ2v) is 5.09. The minimum absolute atomic E-state index is 0.0291. The summed E-state index contributed by atoms with van der Waals surface area (Å²) in [5.41, 5.74) is 1.20. The van der Waals surface area contributed by atoms with Gasteiger partial charge in [-0.1, -0.05) is 11.8 Å². The second-order valence-electron chi connectivity index (χ2n) is 5.09. The van der Waals surface area contributed by atoms with Gasteiger partial charge in [-0.15, -0.1) is 0 Å². The van der Waals surface area contributed by atoms with Crippen molar-refractivity contribution in [2.75, 3.05) is 20.3 Å². The monoisotopic (exact) mass is 288 g/mol. The van der Waals surface area contributed by atoms with E-state index in [0.29, 0.717) is 24.2 Å². The van der Waals surface area contributed by atoms with E-state index in [1.807, 2.05) is 6.92 Å². The van der Waals surface area contributed by atoms with Crippen LogP contribution in [0.3, 0.4) is 0 Å². The summed E-state index contributed by atoms with van der Waals surface area (Å²) in [6.45, 7) is 2.70. The van der Waals surface area contributed by atoms with Gasteiger partial charge in [0.15, 0.2) is 0 Å². The van der Waals surface area contributed by atoms with Gasteiger partial charge in [0.25, 0.3) is 5.91 Å². The molecule has 0 bridgehead atoms. The molecule has 1 aliphatic rings. The number of aliphatic hydroxyl groups is 1. The number of nitrogens with zero attached hydrogens (tertiary/aromatic N) is 2. The number of carbonyl (C=O) groups excluding carboxylic acids is 1. The lowest BCUT2D eigenvalue weighted by Crippen LogP contribution is -2.41. The molecule has 21 heavy (non-hydrogen) atoms. The SMILES string of the molecule is CC1OCCC1N(C)C(=O)c1cncc(C#CCCO)c1. The Labute approximate surface area is 124 Å². The van der Waals surface area contributed by atoms with Crippen LogP contribution < -0.4 is 0 Å². The van der Waals surface area contributed by atoms with Crippen LogP contribution in [0.4, 0.5) is 0 Å². The van der Waals surface area contributed by atoms with Crippen molar-refractivity contribution in [3.05, 3.63) is 29.6 Å². The van der Waals surface area contributed by atoms with E-state index < -0.39 is 0 Å². The van der Waals surface area contributed by atoms with Gasteiger partial charge in [0, 0.05) is 38.0 Å². The van der Waals surface area contributed by atoms with Gasteiger partial charge in [-0.25, -0.2) is 0 Å². The molecule has 0 spiro atoms. The summed E-state index contributed by atoms with van der Waals surface area (Å²) in [6.07, 6.45) is 4.49. The number of hydrogen-bond acceptors (Lipinski definition) is 4. The Morgan fingerprint density at radius 2 is 2.38 bits per heavy atom. The van der Waals surface area contributed by atoms with E-state index in [4.69, 9.17) is 9.84 Å². The normalized spacial score (nSPS) is 20.7. The van der Waals surface area contributed by atoms with Crippen LogP contribution in [0.2, 0.25) is 0 Å². The topological polar surface area (TPSA) is 62.7 Å². The number of amides is 1. The lowest BCUT2D eigenvalue weighted by atomic mass is 10.1. The molecule has 5 heteroatoms. The van der Waals surface area contributed by atoms with Crippen molar-refractivity contribution >= 4 is 5.91 Å². The first-order valence-electron chi connectivity index (χ1n) is 7.07. The minimum atomic E-state index is -0.0735. The predicted octanol–water partition coefficient (Wildman–Crippen LogP) is 1.06. The third-order valence-corrected chi connectivity index (χ3v) is 3.61. The van der Waals surface area contributed by atoms with Crippen molar-refractivity contribution in [1.29, 1.82) is 0 Å². The van der Waals surface area contributed by atoms with Crippen LogP contribution >= 0.6 is 0 Å². The molecule has 0 aliphatic carbocycles. The highest BCUT2D eigenvalue weighted by Gasteiger charge is 2.31. The van der Waals surface area contributed by atoms with Crippen LogP contribution in [0.15, 0.2) is 18.5 Å². The number of likely N-dealkylation sites (N-methyl/N-ethyl adjacent to an activating group) is 1. The van der Waals surface area contributed by atoms with Gasteiger partial charge in [0.1, 0.15) is 0 Å². The van der Waals surface area contributed by atoms with E-state index in [2.05, 4.69) is 16.8 Å². The van der Waals surface area contributed by atoms with Crippen LogP contribution in [0.25, 0.3) is 0 Å². The Kier molecular flexibility index (Phi) is 5.32. The maximum atomic E-state index is 12.5. The zero-order valence-electron chi connectivity index (χ0n) is 12.4. The molecule has 1 aromatic rings. The number of ether oxygens (including phenoxy) is 1. The molecule has 2 rings (SSSR count). The van der Waals surface area contributed by atoms with E-state index in [1.54, 1.807) is 30.4 Å². The summed E-state index contributed by atoms with van der Waals surface area (Å²) in [4.78, 5) is 18.3. The summed E-state index contributed by atoms with van der Waals surface area (Å²) in [5, 5.41) is 8.72. The van der Waals surface area contributed by atoms with Crippen molar-refractivity contribution < 1.29 is 14.6 Å². The Morgan fingerprint density at radius 3 is 3.05 bits per heavy atom. The third-order valence-electron chi connectivity index (χ3n) is 3.61. The molecule has 1 amide bonds. The molecule has 1 fully saturated rings. The van der Waals surface area contributed by atoms with Crippen molar-refractivity contribution in [2.24, 2.45) is 0 Å². The number of aliphatic hydroxyl groups excluding tert-OH is 1. The van der Waals surface area contributed by atoms with Crippen LogP contribution in [0.5, 0.6) is 0 Å². The molecule has 0 aromatic carbocycles. The van der Waals surface area contributed by atoms with Gasteiger partial charge in [0.05, 0.1) is 24.3 Å². The Morgan fingerprint density at radius 1 is 1.57 bits per heavy atom. The van der Waals surface area contributed by atoms with Crippen molar-refractivity contribution in [1.82, 2.24) is 9.88 Å². The van der Waals surface area contributed by atoms with Crippen molar-refractivity contribution in [3.8, 4) is 11.8 Å². The van der Waals surface area contributed by atoms with Crippen LogP contribution in [0.1, 0.15) is 35.7 Å². The average molecular weight is 288 g/mol. The first-order valence-corrected chi connectivity index (χ1v) is 7.07. The molecule has 5 nitrogen and oxygen atoms in total. The highest BCUT2D eigenvalue weighted by Crippen LogP contribution is 2.20. The van der Waals surface area contributed by atoms with Crippen LogP contribution in [-0.2, 0) is 4.74 Å².